The maximum atomic E-state index is 11.8. The molecule has 0 aromatic heterocycles. The Hall–Kier alpha value is -0.580. The van der Waals surface area contributed by atoms with Gasteiger partial charge in [-0.05, 0) is 40.5 Å². The molecule has 1 N–H and O–H groups in total. The van der Waals surface area contributed by atoms with Gasteiger partial charge in [-0.2, -0.15) is 0 Å². The summed E-state index contributed by atoms with van der Waals surface area (Å²) < 4.78 is 5.96. The van der Waals surface area contributed by atoms with Gasteiger partial charge in [0.1, 0.15) is 0 Å². The van der Waals surface area contributed by atoms with E-state index in [1.807, 2.05) is 0 Å². The molecule has 0 bridgehead atoms. The Morgan fingerprint density at radius 1 is 1.56 bits per heavy atom. The minimum Gasteiger partial charge on any atom is -0.381 e. The first-order valence-electron chi connectivity index (χ1n) is 5.00. The molecular formula is C11H11BrClNO2. The predicted octanol–water partition coefficient (Wildman–Crippen LogP) is 3.08. The third-order valence-corrected chi connectivity index (χ3v) is 3.38. The number of ether oxygens (including phenoxy) is 1. The summed E-state index contributed by atoms with van der Waals surface area (Å²) in [5.41, 5.74) is 0.737. The maximum absolute atomic E-state index is 11.8. The molecule has 1 aliphatic rings. The van der Waals surface area contributed by atoms with E-state index >= 15 is 0 Å². The highest BCUT2D eigenvalue weighted by Crippen LogP contribution is 2.26. The van der Waals surface area contributed by atoms with Crippen LogP contribution in [0.4, 0.5) is 5.69 Å². The number of amides is 1. The van der Waals surface area contributed by atoms with E-state index in [0.717, 1.165) is 16.6 Å². The van der Waals surface area contributed by atoms with E-state index in [2.05, 4.69) is 21.2 Å². The smallest absolute Gasteiger partial charge is 0.229 e. The van der Waals surface area contributed by atoms with E-state index < -0.39 is 0 Å². The van der Waals surface area contributed by atoms with Gasteiger partial charge in [0.2, 0.25) is 5.91 Å². The van der Waals surface area contributed by atoms with Crippen molar-refractivity contribution in [2.75, 3.05) is 18.5 Å². The van der Waals surface area contributed by atoms with Crippen LogP contribution < -0.4 is 5.32 Å². The van der Waals surface area contributed by atoms with Gasteiger partial charge in [-0.1, -0.05) is 11.6 Å². The second-order valence-corrected chi connectivity index (χ2v) is 4.96. The van der Waals surface area contributed by atoms with E-state index in [9.17, 15) is 4.79 Å². The van der Waals surface area contributed by atoms with Crippen molar-refractivity contribution in [2.24, 2.45) is 5.92 Å². The van der Waals surface area contributed by atoms with Crippen LogP contribution in [0.5, 0.6) is 0 Å². The lowest BCUT2D eigenvalue weighted by Crippen LogP contribution is -2.22. The van der Waals surface area contributed by atoms with Gasteiger partial charge in [-0.15, -0.1) is 0 Å². The third-order valence-electron chi connectivity index (χ3n) is 2.49. The SMILES string of the molecule is O=C(Nc1ccc(Cl)cc1Br)C1CCOC1. The lowest BCUT2D eigenvalue weighted by Gasteiger charge is -2.10. The Morgan fingerprint density at radius 3 is 3.00 bits per heavy atom. The van der Waals surface area contributed by atoms with Gasteiger partial charge >= 0.3 is 0 Å². The van der Waals surface area contributed by atoms with Crippen molar-refractivity contribution < 1.29 is 9.53 Å². The molecule has 5 heteroatoms. The molecular weight excluding hydrogens is 293 g/mol. The zero-order valence-corrected chi connectivity index (χ0v) is 10.8. The van der Waals surface area contributed by atoms with Crippen molar-refractivity contribution in [1.29, 1.82) is 0 Å². The van der Waals surface area contributed by atoms with Gasteiger partial charge < -0.3 is 10.1 Å². The maximum Gasteiger partial charge on any atom is 0.229 e. The number of nitrogens with one attached hydrogen (secondary N) is 1. The van der Waals surface area contributed by atoms with Gasteiger partial charge in [0.15, 0.2) is 0 Å². The van der Waals surface area contributed by atoms with Crippen LogP contribution in [0.3, 0.4) is 0 Å². The summed E-state index contributed by atoms with van der Waals surface area (Å²) in [6.45, 7) is 1.18. The normalized spacial score (nSPS) is 19.8. The second kappa shape index (κ2) is 5.17. The quantitative estimate of drug-likeness (QED) is 0.912. The summed E-state index contributed by atoms with van der Waals surface area (Å²) in [5, 5.41) is 3.49. The average molecular weight is 305 g/mol. The molecule has 1 unspecified atom stereocenters. The lowest BCUT2D eigenvalue weighted by atomic mass is 10.1. The average Bonchev–Trinajstić information content (AvgIpc) is 2.75. The number of benzene rings is 1. The highest BCUT2D eigenvalue weighted by Gasteiger charge is 2.23. The molecule has 16 heavy (non-hydrogen) atoms. The van der Waals surface area contributed by atoms with Crippen molar-refractivity contribution in [2.45, 2.75) is 6.42 Å². The number of rotatable bonds is 2. The fourth-order valence-corrected chi connectivity index (χ4v) is 2.35. The summed E-state index contributed by atoms with van der Waals surface area (Å²) >= 11 is 9.17. The molecule has 1 aromatic rings. The van der Waals surface area contributed by atoms with Gasteiger partial charge in [-0.3, -0.25) is 4.79 Å². The van der Waals surface area contributed by atoms with Crippen LogP contribution in [0, 0.1) is 5.92 Å². The van der Waals surface area contributed by atoms with E-state index in [0.29, 0.717) is 18.2 Å². The lowest BCUT2D eigenvalue weighted by molar-refractivity contribution is -0.119. The van der Waals surface area contributed by atoms with Crippen LogP contribution in [-0.2, 0) is 9.53 Å². The molecule has 86 valence electrons. The van der Waals surface area contributed by atoms with E-state index in [1.54, 1.807) is 18.2 Å². The van der Waals surface area contributed by atoms with Gasteiger partial charge in [-0.25, -0.2) is 0 Å². The van der Waals surface area contributed by atoms with E-state index in [1.165, 1.54) is 0 Å². The molecule has 3 nitrogen and oxygen atoms in total. The standard InChI is InChI=1S/C11H11BrClNO2/c12-9-5-8(13)1-2-10(9)14-11(15)7-3-4-16-6-7/h1-2,5,7H,3-4,6H2,(H,14,15). The van der Waals surface area contributed by atoms with Crippen molar-refractivity contribution in [3.63, 3.8) is 0 Å². The topological polar surface area (TPSA) is 38.3 Å². The predicted molar refractivity (Wildman–Crippen MR) is 66.7 cm³/mol. The summed E-state index contributed by atoms with van der Waals surface area (Å²) in [6, 6.07) is 5.27. The highest BCUT2D eigenvalue weighted by molar-refractivity contribution is 9.10. The minimum absolute atomic E-state index is 0.000484. The summed E-state index contributed by atoms with van der Waals surface area (Å²) in [6.07, 6.45) is 0.789. The summed E-state index contributed by atoms with van der Waals surface area (Å²) in [7, 11) is 0. The van der Waals surface area contributed by atoms with Crippen molar-refractivity contribution in [3.05, 3.63) is 27.7 Å². The Bertz CT molecular complexity index is 405. The third kappa shape index (κ3) is 2.75. The number of carbonyl (C=O) groups excluding carboxylic acids is 1. The fourth-order valence-electron chi connectivity index (χ4n) is 1.57. The Morgan fingerprint density at radius 2 is 2.38 bits per heavy atom. The molecule has 0 spiro atoms. The zero-order chi connectivity index (χ0) is 11.5. The largest absolute Gasteiger partial charge is 0.381 e. The summed E-state index contributed by atoms with van der Waals surface area (Å²) in [4.78, 5) is 11.8. The van der Waals surface area contributed by atoms with Gasteiger partial charge in [0.05, 0.1) is 18.2 Å². The number of anilines is 1. The molecule has 1 amide bonds. The number of hydrogen-bond acceptors (Lipinski definition) is 2. The molecule has 0 aliphatic carbocycles. The first-order valence-corrected chi connectivity index (χ1v) is 6.17. The molecule has 1 atom stereocenters. The molecule has 1 saturated heterocycles. The van der Waals surface area contributed by atoms with Crippen molar-refractivity contribution in [1.82, 2.24) is 0 Å². The van der Waals surface area contributed by atoms with Crippen molar-refractivity contribution >= 4 is 39.1 Å². The zero-order valence-electron chi connectivity index (χ0n) is 8.50. The number of halogens is 2. The monoisotopic (exact) mass is 303 g/mol. The number of hydrogen-bond donors (Lipinski definition) is 1. The second-order valence-electron chi connectivity index (χ2n) is 3.67. The Kier molecular flexibility index (Phi) is 3.84. The van der Waals surface area contributed by atoms with E-state index in [4.69, 9.17) is 16.3 Å². The van der Waals surface area contributed by atoms with Crippen LogP contribution in [0.15, 0.2) is 22.7 Å². The van der Waals surface area contributed by atoms with Crippen LogP contribution in [0.1, 0.15) is 6.42 Å². The molecule has 0 saturated carbocycles. The molecule has 1 aromatic carbocycles. The molecule has 0 radical (unpaired) electrons. The van der Waals surface area contributed by atoms with Gasteiger partial charge in [0.25, 0.3) is 0 Å². The summed E-state index contributed by atoms with van der Waals surface area (Å²) in [5.74, 6) is -0.0388. The van der Waals surface area contributed by atoms with E-state index in [-0.39, 0.29) is 11.8 Å². The van der Waals surface area contributed by atoms with Gasteiger partial charge in [0, 0.05) is 16.1 Å². The molecule has 1 fully saturated rings. The van der Waals surface area contributed by atoms with Crippen LogP contribution in [0.25, 0.3) is 0 Å². The van der Waals surface area contributed by atoms with Crippen molar-refractivity contribution in [3.8, 4) is 0 Å². The first kappa shape index (κ1) is 11.9. The highest BCUT2D eigenvalue weighted by atomic mass is 79.9. The molecule has 2 rings (SSSR count). The molecule has 1 heterocycles. The Labute approximate surface area is 107 Å². The van der Waals surface area contributed by atoms with Crippen LogP contribution >= 0.6 is 27.5 Å². The van der Waals surface area contributed by atoms with Crippen LogP contribution in [0.2, 0.25) is 5.02 Å². The Balaban J connectivity index is 2.05. The van der Waals surface area contributed by atoms with Crippen LogP contribution in [-0.4, -0.2) is 19.1 Å². The molecule has 1 aliphatic heterocycles. The number of carbonyl (C=O) groups is 1. The fraction of sp³-hybridized carbons (Fsp3) is 0.364. The minimum atomic E-state index is -0.0393. The first-order chi connectivity index (χ1) is 7.66.